The summed E-state index contributed by atoms with van der Waals surface area (Å²) in [5.74, 6) is -0.246. The molecule has 0 aliphatic heterocycles. The maximum Gasteiger partial charge on any atom is 0.260 e. The van der Waals surface area contributed by atoms with Gasteiger partial charge in [-0.25, -0.2) is 13.4 Å². The van der Waals surface area contributed by atoms with Crippen molar-refractivity contribution >= 4 is 54.4 Å². The van der Waals surface area contributed by atoms with E-state index in [2.05, 4.69) is 6.07 Å². The number of thiazole rings is 1. The Labute approximate surface area is 237 Å². The zero-order valence-electron chi connectivity index (χ0n) is 21.5. The van der Waals surface area contributed by atoms with E-state index in [1.54, 1.807) is 35.8 Å². The van der Waals surface area contributed by atoms with E-state index in [1.807, 2.05) is 79.1 Å². The summed E-state index contributed by atoms with van der Waals surface area (Å²) in [4.78, 5) is 21.5. The average Bonchev–Trinajstić information content (AvgIpc) is 3.39. The molecule has 0 aliphatic carbocycles. The highest BCUT2D eigenvalue weighted by Gasteiger charge is 2.24. The van der Waals surface area contributed by atoms with Gasteiger partial charge in [0.05, 0.1) is 21.7 Å². The van der Waals surface area contributed by atoms with E-state index in [0.717, 1.165) is 26.2 Å². The van der Waals surface area contributed by atoms with Gasteiger partial charge in [0.25, 0.3) is 5.91 Å². The van der Waals surface area contributed by atoms with Gasteiger partial charge in [-0.1, -0.05) is 72.0 Å². The van der Waals surface area contributed by atoms with E-state index >= 15 is 0 Å². The molecule has 0 unspecified atom stereocenters. The van der Waals surface area contributed by atoms with Gasteiger partial charge in [0.1, 0.15) is 0 Å². The van der Waals surface area contributed by atoms with Crippen LogP contribution >= 0.6 is 23.1 Å². The second-order valence-electron chi connectivity index (χ2n) is 8.98. The van der Waals surface area contributed by atoms with E-state index in [-0.39, 0.29) is 17.3 Å². The number of fused-ring (bicyclic) bond motifs is 1. The van der Waals surface area contributed by atoms with Crippen molar-refractivity contribution in [2.24, 2.45) is 0 Å². The van der Waals surface area contributed by atoms with E-state index in [9.17, 15) is 13.2 Å². The van der Waals surface area contributed by atoms with Crippen LogP contribution in [0.1, 0.15) is 21.5 Å². The maximum atomic E-state index is 13.8. The van der Waals surface area contributed by atoms with E-state index in [1.165, 1.54) is 27.8 Å². The lowest BCUT2D eigenvalue weighted by Gasteiger charge is -2.21. The molecule has 1 amide bonds. The number of sulfonamides is 1. The van der Waals surface area contributed by atoms with Gasteiger partial charge in [-0.3, -0.25) is 9.69 Å². The van der Waals surface area contributed by atoms with Crippen LogP contribution in [0.2, 0.25) is 0 Å². The molecule has 0 aliphatic rings. The number of aromatic nitrogens is 1. The molecular weight excluding hydrogens is 547 g/mol. The number of benzene rings is 4. The van der Waals surface area contributed by atoms with Crippen molar-refractivity contribution < 1.29 is 13.2 Å². The Morgan fingerprint density at radius 3 is 2.08 bits per heavy atom. The molecule has 0 atom stereocenters. The molecule has 1 heterocycles. The monoisotopic (exact) mass is 573 g/mol. The number of rotatable bonds is 9. The first kappa shape index (κ1) is 27.1. The average molecular weight is 574 g/mol. The van der Waals surface area contributed by atoms with Gasteiger partial charge in [0.15, 0.2) is 5.13 Å². The Kier molecular flexibility index (Phi) is 8.13. The molecule has 0 spiro atoms. The Bertz CT molecular complexity index is 1690. The summed E-state index contributed by atoms with van der Waals surface area (Å²) in [6.07, 6.45) is 2.03. The lowest BCUT2D eigenvalue weighted by atomic mass is 10.1. The molecule has 0 fully saturated rings. The summed E-state index contributed by atoms with van der Waals surface area (Å²) in [6.45, 7) is 0.597. The van der Waals surface area contributed by atoms with Gasteiger partial charge >= 0.3 is 0 Å². The molecule has 4 aromatic carbocycles. The number of hydrogen-bond acceptors (Lipinski definition) is 6. The Balaban J connectivity index is 1.43. The van der Waals surface area contributed by atoms with Gasteiger partial charge in [-0.05, 0) is 59.8 Å². The minimum Gasteiger partial charge on any atom is -0.279 e. The molecule has 9 heteroatoms. The van der Waals surface area contributed by atoms with Crippen LogP contribution in [0.25, 0.3) is 10.2 Å². The Hall–Kier alpha value is -3.50. The van der Waals surface area contributed by atoms with Crippen LogP contribution in [0, 0.1) is 0 Å². The molecule has 0 saturated heterocycles. The van der Waals surface area contributed by atoms with Crippen molar-refractivity contribution in [3.05, 3.63) is 120 Å². The molecule has 0 saturated carbocycles. The molecule has 5 rings (SSSR count). The third-order valence-electron chi connectivity index (χ3n) is 6.30. The molecule has 39 heavy (non-hydrogen) atoms. The van der Waals surface area contributed by atoms with E-state index < -0.39 is 10.0 Å². The lowest BCUT2D eigenvalue weighted by molar-refractivity contribution is 0.0985. The molecule has 0 radical (unpaired) electrons. The fourth-order valence-electron chi connectivity index (χ4n) is 4.16. The summed E-state index contributed by atoms with van der Waals surface area (Å²) in [7, 11) is -2.17. The third kappa shape index (κ3) is 6.07. The lowest BCUT2D eigenvalue weighted by Crippen LogP contribution is -2.30. The number of thioether (sulfide) groups is 1. The quantitative estimate of drug-likeness (QED) is 0.184. The number of carbonyl (C=O) groups excluding carboxylic acids is 1. The normalized spacial score (nSPS) is 11.7. The molecule has 0 bridgehead atoms. The van der Waals surface area contributed by atoms with Gasteiger partial charge in [0, 0.05) is 24.1 Å². The SMILES string of the molecule is CSc1ccc2nc(N(Cc3ccccc3)C(=O)c3ccc(S(=O)(=O)N(C)Cc4ccccc4)cc3)sc2c1. The predicted molar refractivity (Wildman–Crippen MR) is 160 cm³/mol. The first-order valence-electron chi connectivity index (χ1n) is 12.3. The second kappa shape index (κ2) is 11.7. The number of carbonyl (C=O) groups is 1. The van der Waals surface area contributed by atoms with Crippen molar-refractivity contribution in [2.45, 2.75) is 22.9 Å². The predicted octanol–water partition coefficient (Wildman–Crippen LogP) is 6.69. The molecule has 0 N–H and O–H groups in total. The zero-order chi connectivity index (χ0) is 27.4. The smallest absolute Gasteiger partial charge is 0.260 e. The van der Waals surface area contributed by atoms with Gasteiger partial charge < -0.3 is 0 Å². The number of anilines is 1. The second-order valence-corrected chi connectivity index (χ2v) is 12.9. The standard InChI is InChI=1S/C30H27N3O3S3/c1-32(20-22-9-5-3-6-10-22)39(35,36)26-16-13-24(14-17-26)29(34)33(21-23-11-7-4-8-12-23)30-31-27-18-15-25(37-2)19-28(27)38-30/h3-19H,20-21H2,1-2H3. The highest BCUT2D eigenvalue weighted by atomic mass is 32.2. The number of amides is 1. The van der Waals surface area contributed by atoms with Crippen molar-refractivity contribution in [2.75, 3.05) is 18.2 Å². The summed E-state index contributed by atoms with van der Waals surface area (Å²) in [5.41, 5.74) is 3.09. The topological polar surface area (TPSA) is 70.6 Å². The molecule has 5 aromatic rings. The van der Waals surface area contributed by atoms with Crippen LogP contribution in [0.3, 0.4) is 0 Å². The summed E-state index contributed by atoms with van der Waals surface area (Å²) in [6, 6.07) is 31.4. The molecule has 198 valence electrons. The fourth-order valence-corrected chi connectivity index (χ4v) is 6.83. The van der Waals surface area contributed by atoms with Gasteiger partial charge in [0.2, 0.25) is 10.0 Å². The first-order valence-corrected chi connectivity index (χ1v) is 15.7. The molecular formula is C30H27N3O3S3. The number of hydrogen-bond donors (Lipinski definition) is 0. The van der Waals surface area contributed by atoms with Crippen LogP contribution in [-0.2, 0) is 23.1 Å². The van der Waals surface area contributed by atoms with Gasteiger partial charge in [-0.15, -0.1) is 11.8 Å². The highest BCUT2D eigenvalue weighted by molar-refractivity contribution is 7.98. The van der Waals surface area contributed by atoms with Crippen molar-refractivity contribution in [3.63, 3.8) is 0 Å². The summed E-state index contributed by atoms with van der Waals surface area (Å²) in [5, 5.41) is 0.594. The van der Waals surface area contributed by atoms with Crippen LogP contribution in [-0.4, -0.2) is 36.9 Å². The van der Waals surface area contributed by atoms with Crippen LogP contribution in [0.4, 0.5) is 5.13 Å². The highest BCUT2D eigenvalue weighted by Crippen LogP contribution is 2.33. The number of nitrogens with zero attached hydrogens (tertiary/aromatic N) is 3. The zero-order valence-corrected chi connectivity index (χ0v) is 24.0. The van der Waals surface area contributed by atoms with Gasteiger partial charge in [-0.2, -0.15) is 4.31 Å². The molecule has 6 nitrogen and oxygen atoms in total. The summed E-state index contributed by atoms with van der Waals surface area (Å²) < 4.78 is 28.7. The van der Waals surface area contributed by atoms with E-state index in [4.69, 9.17) is 4.98 Å². The van der Waals surface area contributed by atoms with Crippen molar-refractivity contribution in [3.8, 4) is 0 Å². The van der Waals surface area contributed by atoms with E-state index in [0.29, 0.717) is 17.2 Å². The van der Waals surface area contributed by atoms with Crippen molar-refractivity contribution in [1.29, 1.82) is 0 Å². The first-order chi connectivity index (χ1) is 18.8. The van der Waals surface area contributed by atoms with Crippen LogP contribution < -0.4 is 4.90 Å². The van der Waals surface area contributed by atoms with Crippen LogP contribution in [0.5, 0.6) is 0 Å². The maximum absolute atomic E-state index is 13.8. The fraction of sp³-hybridized carbons (Fsp3) is 0.133. The van der Waals surface area contributed by atoms with Crippen molar-refractivity contribution in [1.82, 2.24) is 9.29 Å². The Morgan fingerprint density at radius 2 is 1.46 bits per heavy atom. The Morgan fingerprint density at radius 1 is 0.846 bits per heavy atom. The largest absolute Gasteiger partial charge is 0.279 e. The van der Waals surface area contributed by atoms with Crippen LogP contribution in [0.15, 0.2) is 113 Å². The molecule has 1 aromatic heterocycles. The summed E-state index contributed by atoms with van der Waals surface area (Å²) >= 11 is 3.13. The third-order valence-corrected chi connectivity index (χ3v) is 9.89. The minimum atomic E-state index is -3.73. The minimum absolute atomic E-state index is 0.136.